The molecule has 0 atom stereocenters. The minimum Gasteiger partial charge on any atom is -0.493 e. The van der Waals surface area contributed by atoms with Gasteiger partial charge in [-0.1, -0.05) is 15.9 Å². The zero-order valence-electron chi connectivity index (χ0n) is 10.4. The molecule has 1 aromatic rings. The fourth-order valence-electron chi connectivity index (χ4n) is 2.28. The Balaban J connectivity index is 2.28. The molecule has 0 saturated heterocycles. The molecule has 0 bridgehead atoms. The lowest BCUT2D eigenvalue weighted by atomic mass is 10.2. The van der Waals surface area contributed by atoms with E-state index in [0.29, 0.717) is 12.4 Å². The standard InChI is InChI=1S/C13H18BrNO3/c1-16-12-7-10(14)6-9(8-17-15)13(12)18-11-4-2-3-5-11/h6-7,11H,2-5,8,15H2,1H3. The Morgan fingerprint density at radius 3 is 2.67 bits per heavy atom. The third-order valence-corrected chi connectivity index (χ3v) is 3.60. The van der Waals surface area contributed by atoms with E-state index in [-0.39, 0.29) is 6.10 Å². The van der Waals surface area contributed by atoms with Gasteiger partial charge < -0.3 is 9.47 Å². The average Bonchev–Trinajstić information content (AvgIpc) is 2.85. The summed E-state index contributed by atoms with van der Waals surface area (Å²) in [5.41, 5.74) is 0.899. The van der Waals surface area contributed by atoms with Crippen molar-refractivity contribution in [3.63, 3.8) is 0 Å². The molecule has 18 heavy (non-hydrogen) atoms. The van der Waals surface area contributed by atoms with Crippen molar-refractivity contribution in [3.8, 4) is 11.5 Å². The minimum absolute atomic E-state index is 0.275. The van der Waals surface area contributed by atoms with Gasteiger partial charge in [0.1, 0.15) is 0 Å². The molecule has 0 spiro atoms. The molecule has 0 radical (unpaired) electrons. The molecule has 2 rings (SSSR count). The van der Waals surface area contributed by atoms with Gasteiger partial charge >= 0.3 is 0 Å². The first-order valence-corrected chi connectivity index (χ1v) is 6.88. The van der Waals surface area contributed by atoms with Gasteiger partial charge in [-0.2, -0.15) is 0 Å². The molecule has 1 aromatic carbocycles. The first kappa shape index (κ1) is 13.6. The molecular formula is C13H18BrNO3. The number of nitrogens with two attached hydrogens (primary N) is 1. The topological polar surface area (TPSA) is 53.7 Å². The van der Waals surface area contributed by atoms with E-state index in [4.69, 9.17) is 20.2 Å². The van der Waals surface area contributed by atoms with E-state index in [0.717, 1.165) is 28.6 Å². The van der Waals surface area contributed by atoms with Crippen LogP contribution in [0.1, 0.15) is 31.2 Å². The molecule has 100 valence electrons. The van der Waals surface area contributed by atoms with Crippen LogP contribution in [0.2, 0.25) is 0 Å². The third-order valence-electron chi connectivity index (χ3n) is 3.14. The second-order valence-corrected chi connectivity index (χ2v) is 5.35. The summed E-state index contributed by atoms with van der Waals surface area (Å²) in [7, 11) is 1.64. The number of rotatable bonds is 5. The van der Waals surface area contributed by atoms with Gasteiger partial charge in [-0.3, -0.25) is 4.84 Å². The van der Waals surface area contributed by atoms with Gasteiger partial charge in [0.2, 0.25) is 0 Å². The lowest BCUT2D eigenvalue weighted by molar-refractivity contribution is 0.117. The first-order chi connectivity index (χ1) is 8.74. The summed E-state index contributed by atoms with van der Waals surface area (Å²) in [6.07, 6.45) is 4.93. The Morgan fingerprint density at radius 1 is 1.33 bits per heavy atom. The van der Waals surface area contributed by atoms with Gasteiger partial charge in [0.25, 0.3) is 0 Å². The Labute approximate surface area is 115 Å². The van der Waals surface area contributed by atoms with Gasteiger partial charge in [-0.25, -0.2) is 5.90 Å². The van der Waals surface area contributed by atoms with E-state index in [1.165, 1.54) is 12.8 Å². The van der Waals surface area contributed by atoms with Crippen LogP contribution in [0.3, 0.4) is 0 Å². The largest absolute Gasteiger partial charge is 0.493 e. The van der Waals surface area contributed by atoms with Crippen molar-refractivity contribution < 1.29 is 14.3 Å². The Bertz CT molecular complexity index is 405. The van der Waals surface area contributed by atoms with Gasteiger partial charge in [0, 0.05) is 10.0 Å². The van der Waals surface area contributed by atoms with Crippen molar-refractivity contribution in [3.05, 3.63) is 22.2 Å². The lowest BCUT2D eigenvalue weighted by Crippen LogP contribution is -2.14. The van der Waals surface area contributed by atoms with Crippen LogP contribution in [0.15, 0.2) is 16.6 Å². The zero-order chi connectivity index (χ0) is 13.0. The highest BCUT2D eigenvalue weighted by Gasteiger charge is 2.21. The Morgan fingerprint density at radius 2 is 2.06 bits per heavy atom. The van der Waals surface area contributed by atoms with E-state index in [1.54, 1.807) is 7.11 Å². The number of hydrogen-bond acceptors (Lipinski definition) is 4. The molecule has 0 unspecified atom stereocenters. The van der Waals surface area contributed by atoms with Crippen LogP contribution in [0.25, 0.3) is 0 Å². The molecule has 4 nitrogen and oxygen atoms in total. The van der Waals surface area contributed by atoms with Crippen molar-refractivity contribution in [1.82, 2.24) is 0 Å². The predicted molar refractivity (Wildman–Crippen MR) is 72.6 cm³/mol. The SMILES string of the molecule is COc1cc(Br)cc(CON)c1OC1CCCC1. The number of halogens is 1. The van der Waals surface area contributed by atoms with E-state index in [9.17, 15) is 0 Å². The molecule has 0 aromatic heterocycles. The summed E-state index contributed by atoms with van der Waals surface area (Å²) >= 11 is 3.44. The fourth-order valence-corrected chi connectivity index (χ4v) is 2.76. The summed E-state index contributed by atoms with van der Waals surface area (Å²) < 4.78 is 12.3. The van der Waals surface area contributed by atoms with Crippen LogP contribution in [0.5, 0.6) is 11.5 Å². The van der Waals surface area contributed by atoms with Gasteiger partial charge in [-0.15, -0.1) is 0 Å². The molecule has 2 N–H and O–H groups in total. The maximum absolute atomic E-state index is 6.05. The van der Waals surface area contributed by atoms with Gasteiger partial charge in [0.15, 0.2) is 11.5 Å². The van der Waals surface area contributed by atoms with E-state index in [2.05, 4.69) is 15.9 Å². The molecule has 1 saturated carbocycles. The van der Waals surface area contributed by atoms with Crippen LogP contribution >= 0.6 is 15.9 Å². The molecule has 0 aliphatic heterocycles. The van der Waals surface area contributed by atoms with E-state index in [1.807, 2.05) is 12.1 Å². The molecule has 1 fully saturated rings. The summed E-state index contributed by atoms with van der Waals surface area (Å²) in [6, 6.07) is 3.84. The minimum atomic E-state index is 0.275. The van der Waals surface area contributed by atoms with Crippen molar-refractivity contribution in [2.24, 2.45) is 5.90 Å². The molecule has 1 aliphatic carbocycles. The van der Waals surface area contributed by atoms with Crippen LogP contribution in [0.4, 0.5) is 0 Å². The normalized spacial score (nSPS) is 15.9. The lowest BCUT2D eigenvalue weighted by Gasteiger charge is -2.19. The Hall–Kier alpha value is -0.780. The molecular weight excluding hydrogens is 298 g/mol. The van der Waals surface area contributed by atoms with Gasteiger partial charge in [0.05, 0.1) is 19.8 Å². The van der Waals surface area contributed by atoms with Crippen molar-refractivity contribution >= 4 is 15.9 Å². The number of methoxy groups -OCH3 is 1. The predicted octanol–water partition coefficient (Wildman–Crippen LogP) is 3.17. The highest BCUT2D eigenvalue weighted by molar-refractivity contribution is 9.10. The highest BCUT2D eigenvalue weighted by atomic mass is 79.9. The molecule has 5 heteroatoms. The summed E-state index contributed by atoms with van der Waals surface area (Å²) in [6.45, 7) is 0.303. The van der Waals surface area contributed by atoms with Crippen LogP contribution < -0.4 is 15.4 Å². The number of hydrogen-bond donors (Lipinski definition) is 1. The summed E-state index contributed by atoms with van der Waals surface area (Å²) in [4.78, 5) is 4.73. The van der Waals surface area contributed by atoms with E-state index < -0.39 is 0 Å². The number of ether oxygens (including phenoxy) is 2. The quantitative estimate of drug-likeness (QED) is 0.848. The molecule has 0 heterocycles. The third kappa shape index (κ3) is 3.16. The second-order valence-electron chi connectivity index (χ2n) is 4.43. The van der Waals surface area contributed by atoms with Crippen LogP contribution in [-0.2, 0) is 11.4 Å². The number of benzene rings is 1. The zero-order valence-corrected chi connectivity index (χ0v) is 12.0. The maximum Gasteiger partial charge on any atom is 0.167 e. The maximum atomic E-state index is 6.05. The first-order valence-electron chi connectivity index (χ1n) is 6.09. The fraction of sp³-hybridized carbons (Fsp3) is 0.538. The molecule has 0 amide bonds. The average molecular weight is 316 g/mol. The van der Waals surface area contributed by atoms with Crippen molar-refractivity contribution in [2.45, 2.75) is 38.4 Å². The van der Waals surface area contributed by atoms with Gasteiger partial charge in [-0.05, 0) is 37.8 Å². The van der Waals surface area contributed by atoms with Crippen molar-refractivity contribution in [1.29, 1.82) is 0 Å². The Kier molecular flexibility index (Phi) is 4.86. The van der Waals surface area contributed by atoms with Crippen LogP contribution in [0, 0.1) is 0 Å². The monoisotopic (exact) mass is 315 g/mol. The highest BCUT2D eigenvalue weighted by Crippen LogP contribution is 2.37. The molecule has 1 aliphatic rings. The summed E-state index contributed by atoms with van der Waals surface area (Å²) in [5, 5.41) is 0. The summed E-state index contributed by atoms with van der Waals surface area (Å²) in [5.74, 6) is 6.63. The van der Waals surface area contributed by atoms with Crippen LogP contribution in [-0.4, -0.2) is 13.2 Å². The smallest absolute Gasteiger partial charge is 0.167 e. The second kappa shape index (κ2) is 6.41. The van der Waals surface area contributed by atoms with Crippen molar-refractivity contribution in [2.75, 3.05) is 7.11 Å². The van der Waals surface area contributed by atoms with E-state index >= 15 is 0 Å².